The number of esters is 2. The number of allylic oxidation sites excluding steroid dienone is 13. The maximum atomic E-state index is 12.7. The molecule has 0 rings (SSSR count). The Morgan fingerprint density at radius 1 is 0.387 bits per heavy atom. The molecule has 5 nitrogen and oxygen atoms in total. The van der Waals surface area contributed by atoms with E-state index in [1.165, 1.54) is 141 Å². The van der Waals surface area contributed by atoms with Gasteiger partial charge in [0, 0.05) is 13.0 Å². The molecule has 62 heavy (non-hydrogen) atoms. The molecule has 0 saturated heterocycles. The Hall–Kier alpha value is -2.92. The Morgan fingerprint density at radius 3 is 1.27 bits per heavy atom. The minimum Gasteiger partial charge on any atom is -0.462 e. The second-order valence-corrected chi connectivity index (χ2v) is 17.1. The summed E-state index contributed by atoms with van der Waals surface area (Å²) in [4.78, 5) is 25.3. The molecule has 0 amide bonds. The first kappa shape index (κ1) is 59.1. The number of unbranched alkanes of at least 4 members (excludes halogenated alkanes) is 23. The molecule has 0 N–H and O–H groups in total. The maximum absolute atomic E-state index is 12.7. The fourth-order valence-corrected chi connectivity index (χ4v) is 7.03. The van der Waals surface area contributed by atoms with Crippen LogP contribution in [0.3, 0.4) is 0 Å². The molecule has 0 aromatic heterocycles. The van der Waals surface area contributed by atoms with Gasteiger partial charge in [0.2, 0.25) is 0 Å². The molecular weight excluding hydrogens is 765 g/mol. The molecule has 0 heterocycles. The lowest BCUT2D eigenvalue weighted by Crippen LogP contribution is -2.29. The lowest BCUT2D eigenvalue weighted by Gasteiger charge is -2.18. The van der Waals surface area contributed by atoms with Gasteiger partial charge in [0.25, 0.3) is 0 Å². The molecule has 0 spiro atoms. The summed E-state index contributed by atoms with van der Waals surface area (Å²) in [7, 11) is 0. The van der Waals surface area contributed by atoms with Crippen molar-refractivity contribution in [3.8, 4) is 0 Å². The summed E-state index contributed by atoms with van der Waals surface area (Å²) in [5.41, 5.74) is 0. The average Bonchev–Trinajstić information content (AvgIpc) is 3.27. The van der Waals surface area contributed by atoms with Crippen LogP contribution in [-0.2, 0) is 23.8 Å². The van der Waals surface area contributed by atoms with Crippen molar-refractivity contribution in [1.29, 1.82) is 0 Å². The fourth-order valence-electron chi connectivity index (χ4n) is 7.03. The van der Waals surface area contributed by atoms with E-state index in [4.69, 9.17) is 14.2 Å². The summed E-state index contributed by atoms with van der Waals surface area (Å²) in [6.45, 7) is 7.56. The van der Waals surface area contributed by atoms with Gasteiger partial charge in [-0.1, -0.05) is 221 Å². The summed E-state index contributed by atoms with van der Waals surface area (Å²) < 4.78 is 17.3. The standard InChI is InChI=1S/C57H98O5/c1-4-7-10-13-16-19-22-25-27-28-29-30-32-33-35-38-41-44-47-50-56(58)61-54-55(53-60-52-49-46-43-40-37-24-21-18-15-12-9-6-3)62-57(59)51-48-45-42-39-36-34-31-26-23-20-17-14-11-8-5-2/h8,11,15,17-18,20,25-27,31,36,39,45,48,55H,4-7,9-10,12-14,16,19,21-24,28-30,32-35,37-38,40-44,46-47,49-54H2,1-3H3/b11-8-,18-15-,20-17-,27-25-,31-26-,39-36-,48-45-. The molecule has 0 fully saturated rings. The van der Waals surface area contributed by atoms with Crippen molar-refractivity contribution in [2.45, 2.75) is 245 Å². The Labute approximate surface area is 384 Å². The van der Waals surface area contributed by atoms with Crippen molar-refractivity contribution in [3.63, 3.8) is 0 Å². The van der Waals surface area contributed by atoms with Crippen LogP contribution < -0.4 is 0 Å². The zero-order valence-corrected chi connectivity index (χ0v) is 40.9. The van der Waals surface area contributed by atoms with Crippen LogP contribution in [0, 0.1) is 0 Å². The second kappa shape index (κ2) is 52.4. The van der Waals surface area contributed by atoms with Crippen molar-refractivity contribution in [3.05, 3.63) is 85.1 Å². The predicted octanol–water partition coefficient (Wildman–Crippen LogP) is 17.7. The molecule has 0 aliphatic heterocycles. The van der Waals surface area contributed by atoms with Crippen LogP contribution in [0.2, 0.25) is 0 Å². The Balaban J connectivity index is 4.34. The maximum Gasteiger partial charge on any atom is 0.310 e. The number of carbonyl (C=O) groups excluding carboxylic acids is 2. The minimum absolute atomic E-state index is 0.0397. The van der Waals surface area contributed by atoms with E-state index in [9.17, 15) is 9.59 Å². The smallest absolute Gasteiger partial charge is 0.310 e. The zero-order valence-electron chi connectivity index (χ0n) is 40.9. The van der Waals surface area contributed by atoms with Gasteiger partial charge in [0.1, 0.15) is 6.61 Å². The Kier molecular flexibility index (Phi) is 50.0. The number of rotatable bonds is 47. The molecule has 1 unspecified atom stereocenters. The summed E-state index contributed by atoms with van der Waals surface area (Å²) in [5.74, 6) is -0.548. The third kappa shape index (κ3) is 49.7. The summed E-state index contributed by atoms with van der Waals surface area (Å²) in [6.07, 6.45) is 69.0. The van der Waals surface area contributed by atoms with Crippen molar-refractivity contribution in [2.75, 3.05) is 19.8 Å². The topological polar surface area (TPSA) is 61.8 Å². The van der Waals surface area contributed by atoms with Gasteiger partial charge in [-0.15, -0.1) is 0 Å². The molecular formula is C57H98O5. The third-order valence-electron chi connectivity index (χ3n) is 10.9. The number of hydrogen-bond acceptors (Lipinski definition) is 5. The van der Waals surface area contributed by atoms with Crippen LogP contribution in [0.25, 0.3) is 0 Å². The molecule has 0 bridgehead atoms. The van der Waals surface area contributed by atoms with Gasteiger partial charge in [-0.25, -0.2) is 0 Å². The highest BCUT2D eigenvalue weighted by atomic mass is 16.6. The third-order valence-corrected chi connectivity index (χ3v) is 10.9. The molecule has 356 valence electrons. The Morgan fingerprint density at radius 2 is 0.790 bits per heavy atom. The summed E-state index contributed by atoms with van der Waals surface area (Å²) in [6, 6.07) is 0. The first-order valence-electron chi connectivity index (χ1n) is 26.1. The van der Waals surface area contributed by atoms with E-state index >= 15 is 0 Å². The van der Waals surface area contributed by atoms with Crippen LogP contribution in [-0.4, -0.2) is 37.9 Å². The van der Waals surface area contributed by atoms with Crippen molar-refractivity contribution < 1.29 is 23.8 Å². The molecule has 0 radical (unpaired) electrons. The second-order valence-electron chi connectivity index (χ2n) is 17.1. The normalized spacial score (nSPS) is 12.9. The van der Waals surface area contributed by atoms with E-state index in [1.807, 2.05) is 12.2 Å². The van der Waals surface area contributed by atoms with E-state index in [0.29, 0.717) is 13.0 Å². The molecule has 0 aliphatic carbocycles. The van der Waals surface area contributed by atoms with Crippen LogP contribution in [0.15, 0.2) is 85.1 Å². The minimum atomic E-state index is -0.597. The lowest BCUT2D eigenvalue weighted by molar-refractivity contribution is -0.162. The predicted molar refractivity (Wildman–Crippen MR) is 270 cm³/mol. The van der Waals surface area contributed by atoms with E-state index in [2.05, 4.69) is 93.7 Å². The van der Waals surface area contributed by atoms with Crippen LogP contribution >= 0.6 is 0 Å². The van der Waals surface area contributed by atoms with Gasteiger partial charge in [-0.3, -0.25) is 9.59 Å². The van der Waals surface area contributed by atoms with Crippen LogP contribution in [0.5, 0.6) is 0 Å². The van der Waals surface area contributed by atoms with E-state index in [0.717, 1.165) is 64.2 Å². The van der Waals surface area contributed by atoms with Crippen molar-refractivity contribution in [1.82, 2.24) is 0 Å². The molecule has 0 saturated carbocycles. The van der Waals surface area contributed by atoms with E-state index in [1.54, 1.807) is 0 Å². The molecule has 5 heteroatoms. The van der Waals surface area contributed by atoms with Gasteiger partial charge in [0.15, 0.2) is 6.10 Å². The van der Waals surface area contributed by atoms with Crippen molar-refractivity contribution >= 4 is 11.9 Å². The molecule has 0 aromatic rings. The zero-order chi connectivity index (χ0) is 44.9. The SMILES string of the molecule is CC/C=C\C/C=C\C/C=C\C/C=C\C/C=C\CC(=O)OC(COCCCCCCCC/C=C\CCCC)COC(=O)CCCCCCCCCCC/C=C\CCCCCCCC. The Bertz CT molecular complexity index is 1160. The van der Waals surface area contributed by atoms with Gasteiger partial charge in [-0.2, -0.15) is 0 Å². The number of carbonyl (C=O) groups is 2. The van der Waals surface area contributed by atoms with E-state index < -0.39 is 6.10 Å². The summed E-state index contributed by atoms with van der Waals surface area (Å²) >= 11 is 0. The highest BCUT2D eigenvalue weighted by molar-refractivity contribution is 5.71. The van der Waals surface area contributed by atoms with Crippen molar-refractivity contribution in [2.24, 2.45) is 0 Å². The van der Waals surface area contributed by atoms with Gasteiger partial charge < -0.3 is 14.2 Å². The lowest BCUT2D eigenvalue weighted by atomic mass is 10.1. The van der Waals surface area contributed by atoms with Gasteiger partial charge in [-0.05, 0) is 89.9 Å². The molecule has 0 aliphatic rings. The highest BCUT2D eigenvalue weighted by Crippen LogP contribution is 2.14. The van der Waals surface area contributed by atoms with Gasteiger partial charge in [0.05, 0.1) is 13.0 Å². The van der Waals surface area contributed by atoms with Crippen LogP contribution in [0.4, 0.5) is 0 Å². The fraction of sp³-hybridized carbons (Fsp3) is 0.719. The number of hydrogen-bond donors (Lipinski definition) is 0. The molecule has 0 aromatic carbocycles. The first-order valence-corrected chi connectivity index (χ1v) is 26.1. The monoisotopic (exact) mass is 863 g/mol. The first-order chi connectivity index (χ1) is 30.6. The highest BCUT2D eigenvalue weighted by Gasteiger charge is 2.17. The molecule has 1 atom stereocenters. The van der Waals surface area contributed by atoms with E-state index in [-0.39, 0.29) is 31.6 Å². The quantitative estimate of drug-likeness (QED) is 0.0346. The largest absolute Gasteiger partial charge is 0.462 e. The average molecular weight is 863 g/mol. The van der Waals surface area contributed by atoms with Crippen LogP contribution in [0.1, 0.15) is 239 Å². The number of ether oxygens (including phenoxy) is 3. The van der Waals surface area contributed by atoms with Gasteiger partial charge >= 0.3 is 11.9 Å². The summed E-state index contributed by atoms with van der Waals surface area (Å²) in [5, 5.41) is 0.